The molecule has 0 unspecified atom stereocenters. The Morgan fingerprint density at radius 3 is 2.38 bits per heavy atom. The summed E-state index contributed by atoms with van der Waals surface area (Å²) < 4.78 is 5.17. The fourth-order valence-electron chi connectivity index (χ4n) is 3.73. The molecule has 0 bridgehead atoms. The van der Waals surface area contributed by atoms with Gasteiger partial charge in [-0.1, -0.05) is 12.8 Å². The number of nitro benzene ring substituents is 1. The number of amides is 2. The Morgan fingerprint density at radius 1 is 1.23 bits per heavy atom. The van der Waals surface area contributed by atoms with Crippen molar-refractivity contribution in [3.8, 4) is 5.75 Å². The third-order valence-corrected chi connectivity index (χ3v) is 5.07. The molecule has 1 saturated carbocycles. The van der Waals surface area contributed by atoms with E-state index in [1.807, 2.05) is 0 Å². The van der Waals surface area contributed by atoms with Crippen LogP contribution in [0.1, 0.15) is 37.7 Å². The molecule has 1 aliphatic carbocycles. The zero-order valence-electron chi connectivity index (χ0n) is 14.5. The standard InChI is InChI=1S/C18H20N2O6/c1-11-10-12(6-7-15(11)20(24)25)26-16(21)8-9-19-17(22)13-4-2-3-5-14(13)18(19)23/h6-7,10,13-14H,2-5,8-9H2,1H3/t13-,14+. The van der Waals surface area contributed by atoms with Gasteiger partial charge in [-0.25, -0.2) is 0 Å². The normalized spacial score (nSPS) is 22.3. The van der Waals surface area contributed by atoms with E-state index in [0.717, 1.165) is 25.7 Å². The monoisotopic (exact) mass is 360 g/mol. The van der Waals surface area contributed by atoms with Crippen LogP contribution in [0.3, 0.4) is 0 Å². The number of esters is 1. The summed E-state index contributed by atoms with van der Waals surface area (Å²) in [6.07, 6.45) is 3.27. The van der Waals surface area contributed by atoms with Crippen LogP contribution in [0.2, 0.25) is 0 Å². The van der Waals surface area contributed by atoms with Crippen LogP contribution in [-0.4, -0.2) is 34.2 Å². The second-order valence-corrected chi connectivity index (χ2v) is 6.76. The van der Waals surface area contributed by atoms with Gasteiger partial charge in [-0.3, -0.25) is 29.4 Å². The van der Waals surface area contributed by atoms with E-state index in [0.29, 0.717) is 5.56 Å². The molecule has 26 heavy (non-hydrogen) atoms. The molecule has 1 aliphatic heterocycles. The van der Waals surface area contributed by atoms with Gasteiger partial charge in [0.05, 0.1) is 23.2 Å². The summed E-state index contributed by atoms with van der Waals surface area (Å²) in [6, 6.07) is 4.04. The minimum atomic E-state index is -0.589. The summed E-state index contributed by atoms with van der Waals surface area (Å²) >= 11 is 0. The predicted octanol–water partition coefficient (Wildman–Crippen LogP) is 2.37. The van der Waals surface area contributed by atoms with E-state index in [1.54, 1.807) is 6.92 Å². The first-order chi connectivity index (χ1) is 12.4. The average molecular weight is 360 g/mol. The number of fused-ring (bicyclic) bond motifs is 1. The lowest BCUT2D eigenvalue weighted by atomic mass is 9.81. The van der Waals surface area contributed by atoms with Gasteiger partial charge in [-0.2, -0.15) is 0 Å². The number of aryl methyl sites for hydroxylation is 1. The third-order valence-electron chi connectivity index (χ3n) is 5.07. The molecule has 138 valence electrons. The number of hydrogen-bond acceptors (Lipinski definition) is 6. The molecule has 0 aromatic heterocycles. The van der Waals surface area contributed by atoms with E-state index < -0.39 is 10.9 Å². The maximum Gasteiger partial charge on any atom is 0.312 e. The Kier molecular flexibility index (Phi) is 5.01. The molecule has 8 nitrogen and oxygen atoms in total. The van der Waals surface area contributed by atoms with E-state index >= 15 is 0 Å². The number of carbonyl (C=O) groups is 3. The summed E-state index contributed by atoms with van der Waals surface area (Å²) in [5, 5.41) is 10.8. The van der Waals surface area contributed by atoms with Crippen LogP contribution in [-0.2, 0) is 14.4 Å². The molecule has 0 N–H and O–H groups in total. The lowest BCUT2D eigenvalue weighted by Crippen LogP contribution is -2.33. The number of carbonyl (C=O) groups excluding carboxylic acids is 3. The fraction of sp³-hybridized carbons (Fsp3) is 0.500. The van der Waals surface area contributed by atoms with Crippen LogP contribution in [0, 0.1) is 28.9 Å². The first-order valence-corrected chi connectivity index (χ1v) is 8.69. The van der Waals surface area contributed by atoms with Crippen molar-refractivity contribution in [3.05, 3.63) is 33.9 Å². The number of benzene rings is 1. The predicted molar refractivity (Wildman–Crippen MR) is 90.3 cm³/mol. The fourth-order valence-corrected chi connectivity index (χ4v) is 3.73. The second-order valence-electron chi connectivity index (χ2n) is 6.76. The van der Waals surface area contributed by atoms with Gasteiger partial charge in [-0.05, 0) is 31.9 Å². The van der Waals surface area contributed by atoms with Crippen molar-refractivity contribution in [3.63, 3.8) is 0 Å². The lowest BCUT2D eigenvalue weighted by Gasteiger charge is -2.19. The first-order valence-electron chi connectivity index (χ1n) is 8.69. The summed E-state index contributed by atoms with van der Waals surface area (Å²) in [5.41, 5.74) is 0.329. The number of hydrogen-bond donors (Lipinski definition) is 0. The number of imide groups is 1. The first kappa shape index (κ1) is 18.0. The van der Waals surface area contributed by atoms with Gasteiger partial charge in [0.1, 0.15) is 5.75 Å². The van der Waals surface area contributed by atoms with Gasteiger partial charge in [0.2, 0.25) is 11.8 Å². The quantitative estimate of drug-likeness (QED) is 0.262. The Hall–Kier alpha value is -2.77. The van der Waals surface area contributed by atoms with E-state index in [2.05, 4.69) is 0 Å². The highest BCUT2D eigenvalue weighted by atomic mass is 16.6. The van der Waals surface area contributed by atoms with Gasteiger partial charge >= 0.3 is 5.97 Å². The Balaban J connectivity index is 1.57. The molecule has 2 amide bonds. The van der Waals surface area contributed by atoms with E-state index in [-0.39, 0.29) is 48.1 Å². The molecule has 3 rings (SSSR count). The van der Waals surface area contributed by atoms with E-state index in [1.165, 1.54) is 23.1 Å². The van der Waals surface area contributed by atoms with Gasteiger partial charge in [-0.15, -0.1) is 0 Å². The highest BCUT2D eigenvalue weighted by molar-refractivity contribution is 6.05. The summed E-state index contributed by atoms with van der Waals surface area (Å²) in [7, 11) is 0. The molecule has 1 saturated heterocycles. The van der Waals surface area contributed by atoms with Crippen LogP contribution in [0.25, 0.3) is 0 Å². The molecular formula is C18H20N2O6. The highest BCUT2D eigenvalue weighted by Crippen LogP contribution is 2.38. The smallest absolute Gasteiger partial charge is 0.312 e. The Bertz CT molecular complexity index is 751. The Labute approximate surface area is 150 Å². The maximum atomic E-state index is 12.4. The number of rotatable bonds is 5. The lowest BCUT2D eigenvalue weighted by molar-refractivity contribution is -0.385. The minimum Gasteiger partial charge on any atom is -0.426 e. The Morgan fingerprint density at radius 2 is 1.85 bits per heavy atom. The molecule has 8 heteroatoms. The largest absolute Gasteiger partial charge is 0.426 e. The highest BCUT2D eigenvalue weighted by Gasteiger charge is 2.47. The molecule has 0 radical (unpaired) electrons. The number of nitrogens with zero attached hydrogens (tertiary/aromatic N) is 2. The maximum absolute atomic E-state index is 12.4. The van der Waals surface area contributed by atoms with Gasteiger partial charge < -0.3 is 4.74 Å². The average Bonchev–Trinajstić information content (AvgIpc) is 2.84. The van der Waals surface area contributed by atoms with Gasteiger partial charge in [0.25, 0.3) is 5.69 Å². The third kappa shape index (κ3) is 3.44. The zero-order valence-corrected chi connectivity index (χ0v) is 14.5. The van der Waals surface area contributed by atoms with E-state index in [4.69, 9.17) is 4.74 Å². The second kappa shape index (κ2) is 7.23. The van der Waals surface area contributed by atoms with Crippen LogP contribution in [0.4, 0.5) is 5.69 Å². The molecule has 0 spiro atoms. The van der Waals surface area contributed by atoms with Crippen molar-refractivity contribution < 1.29 is 24.0 Å². The topological polar surface area (TPSA) is 107 Å². The minimum absolute atomic E-state index is 0.00939. The summed E-state index contributed by atoms with van der Waals surface area (Å²) in [6.45, 7) is 1.56. The van der Waals surface area contributed by atoms with Crippen LogP contribution in [0.5, 0.6) is 5.75 Å². The molecule has 2 aliphatic rings. The van der Waals surface area contributed by atoms with Crippen LogP contribution >= 0.6 is 0 Å². The number of ether oxygens (including phenoxy) is 1. The van der Waals surface area contributed by atoms with Crippen molar-refractivity contribution in [2.45, 2.75) is 39.0 Å². The van der Waals surface area contributed by atoms with Crippen molar-refractivity contribution in [1.82, 2.24) is 4.90 Å². The van der Waals surface area contributed by atoms with Gasteiger partial charge in [0.15, 0.2) is 0 Å². The van der Waals surface area contributed by atoms with Crippen molar-refractivity contribution in [2.24, 2.45) is 11.8 Å². The molecule has 1 aromatic rings. The molecular weight excluding hydrogens is 340 g/mol. The number of likely N-dealkylation sites (tertiary alicyclic amines) is 1. The molecule has 2 atom stereocenters. The summed E-state index contributed by atoms with van der Waals surface area (Å²) in [4.78, 5) is 48.2. The molecule has 1 aromatic carbocycles. The molecule has 2 fully saturated rings. The zero-order chi connectivity index (χ0) is 18.8. The SMILES string of the molecule is Cc1cc(OC(=O)CCN2C(=O)[C@H]3CCCC[C@H]3C2=O)ccc1[N+](=O)[O-]. The van der Waals surface area contributed by atoms with Gasteiger partial charge in [0, 0.05) is 18.2 Å². The van der Waals surface area contributed by atoms with Crippen molar-refractivity contribution in [1.29, 1.82) is 0 Å². The van der Waals surface area contributed by atoms with E-state index in [9.17, 15) is 24.5 Å². The van der Waals surface area contributed by atoms with Crippen molar-refractivity contribution in [2.75, 3.05) is 6.54 Å². The van der Waals surface area contributed by atoms with Crippen molar-refractivity contribution >= 4 is 23.5 Å². The van der Waals surface area contributed by atoms with Crippen LogP contribution in [0.15, 0.2) is 18.2 Å². The number of nitro groups is 1. The molecule has 1 heterocycles. The summed E-state index contributed by atoms with van der Waals surface area (Å²) in [5.74, 6) is -1.22. The van der Waals surface area contributed by atoms with Crippen LogP contribution < -0.4 is 4.74 Å².